The lowest BCUT2D eigenvalue weighted by Crippen LogP contribution is -2.45. The van der Waals surface area contributed by atoms with Gasteiger partial charge in [0, 0.05) is 66.2 Å². The van der Waals surface area contributed by atoms with Crippen LogP contribution in [-0.2, 0) is 34.6 Å². The molecule has 2 aliphatic rings. The molecule has 4 atom stereocenters. The van der Waals surface area contributed by atoms with E-state index in [-0.39, 0.29) is 24.7 Å². The van der Waals surface area contributed by atoms with Crippen molar-refractivity contribution in [2.24, 2.45) is 5.92 Å². The third-order valence-corrected chi connectivity index (χ3v) is 11.8. The van der Waals surface area contributed by atoms with Crippen LogP contribution in [0.15, 0.2) is 79.0 Å². The lowest BCUT2D eigenvalue weighted by atomic mass is 9.82. The van der Waals surface area contributed by atoms with Gasteiger partial charge in [0.1, 0.15) is 0 Å². The highest BCUT2D eigenvalue weighted by molar-refractivity contribution is 6.72. The zero-order chi connectivity index (χ0) is 34.2. The van der Waals surface area contributed by atoms with E-state index in [1.165, 1.54) is 12.1 Å². The summed E-state index contributed by atoms with van der Waals surface area (Å²) in [7, 11) is -3.46. The molecule has 48 heavy (non-hydrogen) atoms. The van der Waals surface area contributed by atoms with Gasteiger partial charge in [0.05, 0.1) is 29.0 Å². The van der Waals surface area contributed by atoms with E-state index in [0.717, 1.165) is 5.56 Å². The van der Waals surface area contributed by atoms with Crippen LogP contribution in [0.25, 0.3) is 0 Å². The number of aliphatic hydroxyl groups is 1. The number of nitro benzene ring substituents is 1. The van der Waals surface area contributed by atoms with Gasteiger partial charge in [-0.05, 0) is 55.4 Å². The number of nitrogens with zero attached hydrogens (tertiary/aromatic N) is 5. The van der Waals surface area contributed by atoms with Crippen LogP contribution >= 0.6 is 0 Å². The number of aromatic nitrogens is 3. The minimum atomic E-state index is -3.46. The maximum absolute atomic E-state index is 16.2. The summed E-state index contributed by atoms with van der Waals surface area (Å²) in [5.74, 6) is -1.27. The number of aliphatic hydroxyl groups excluding tert-OH is 1. The Morgan fingerprint density at radius 1 is 1.15 bits per heavy atom. The van der Waals surface area contributed by atoms with Crippen LogP contribution in [0.1, 0.15) is 40.5 Å². The molecule has 0 aliphatic carbocycles. The number of aryl methyl sites for hydroxylation is 1. The number of carbonyl (C=O) groups is 2. The fraction of sp³-hybridized carbons (Fsp3) is 0.353. The number of nitro groups is 1. The molecule has 1 fully saturated rings. The molecule has 2 N–H and O–H groups in total. The molecule has 1 spiro atoms. The quantitative estimate of drug-likeness (QED) is 0.0932. The number of halogens is 1. The van der Waals surface area contributed by atoms with Gasteiger partial charge in [-0.25, -0.2) is 0 Å². The lowest BCUT2D eigenvalue weighted by molar-refractivity contribution is -0.385. The summed E-state index contributed by atoms with van der Waals surface area (Å²) in [6.07, 6.45) is 1.75. The molecule has 4 aromatic rings. The van der Waals surface area contributed by atoms with Gasteiger partial charge < -0.3 is 24.2 Å². The standard InChI is InChI=1S/C34H37FN6O6Si/c1-22-31(48(2,3)35)30(15-17-39-21-26(16-18-42)37-38-39)47-34(22)28-19-27(41(45)46)13-14-29(28)40(33(34)44)20-23-9-11-25(12-10-23)36-32(43)24-7-5-4-6-8-24/h4-14,19,21-22,30-31,42H,15-18,20H2,1-3H3,(H,36,43)/t22-,30+,31-,34+/m0/s1. The second kappa shape index (κ2) is 13.0. The summed E-state index contributed by atoms with van der Waals surface area (Å²) < 4.78 is 24.5. The highest BCUT2D eigenvalue weighted by Gasteiger charge is 2.66. The Bertz CT molecular complexity index is 1830. The van der Waals surface area contributed by atoms with E-state index in [2.05, 4.69) is 15.6 Å². The first-order valence-electron chi connectivity index (χ1n) is 15.8. The monoisotopic (exact) mass is 672 g/mol. The van der Waals surface area contributed by atoms with E-state index in [1.54, 1.807) is 83.5 Å². The SMILES string of the molecule is C[C@H]1[C@H]([Si](C)(C)F)[C@@H](CCn2cc(CCO)nn2)O[C@]12C(=O)N(Cc1ccc(NC(=O)c3ccccc3)cc1)c1ccc([N+](=O)[O-])cc12. The number of fused-ring (bicyclic) bond motifs is 2. The summed E-state index contributed by atoms with van der Waals surface area (Å²) in [5, 5.41) is 32.2. The molecular weight excluding hydrogens is 635 g/mol. The third-order valence-electron chi connectivity index (χ3n) is 9.34. The van der Waals surface area contributed by atoms with Crippen molar-refractivity contribution in [3.05, 3.63) is 111 Å². The number of hydrogen-bond acceptors (Lipinski definition) is 8. The molecule has 3 heterocycles. The summed E-state index contributed by atoms with van der Waals surface area (Å²) >= 11 is 0. The van der Waals surface area contributed by atoms with Crippen molar-refractivity contribution in [3.63, 3.8) is 0 Å². The predicted octanol–water partition coefficient (Wildman–Crippen LogP) is 5.39. The predicted molar refractivity (Wildman–Crippen MR) is 179 cm³/mol. The van der Waals surface area contributed by atoms with Gasteiger partial charge in [-0.2, -0.15) is 0 Å². The molecule has 12 nitrogen and oxygen atoms in total. The van der Waals surface area contributed by atoms with Crippen molar-refractivity contribution < 1.29 is 28.5 Å². The van der Waals surface area contributed by atoms with Gasteiger partial charge in [0.15, 0.2) is 5.60 Å². The molecule has 0 radical (unpaired) electrons. The second-order valence-electron chi connectivity index (χ2n) is 12.9. The molecule has 2 aliphatic heterocycles. The molecule has 0 unspecified atom stereocenters. The van der Waals surface area contributed by atoms with Crippen LogP contribution in [0.4, 0.5) is 21.2 Å². The van der Waals surface area contributed by atoms with E-state index in [1.807, 2.05) is 13.0 Å². The molecule has 2 amide bonds. The van der Waals surface area contributed by atoms with Crippen LogP contribution in [-0.4, -0.2) is 58.0 Å². The molecule has 250 valence electrons. The maximum Gasteiger partial charge on any atom is 0.269 e. The second-order valence-corrected chi connectivity index (χ2v) is 16.7. The van der Waals surface area contributed by atoms with Crippen molar-refractivity contribution in [2.75, 3.05) is 16.8 Å². The molecule has 1 aromatic heterocycles. The Morgan fingerprint density at radius 3 is 2.54 bits per heavy atom. The number of benzene rings is 3. The molecule has 0 saturated carbocycles. The van der Waals surface area contributed by atoms with Crippen LogP contribution in [0.5, 0.6) is 0 Å². The first-order valence-corrected chi connectivity index (χ1v) is 18.8. The summed E-state index contributed by atoms with van der Waals surface area (Å²) in [6, 6.07) is 20.2. The van der Waals surface area contributed by atoms with Gasteiger partial charge >= 0.3 is 0 Å². The average molecular weight is 673 g/mol. The number of rotatable bonds is 11. The van der Waals surface area contributed by atoms with Gasteiger partial charge in [-0.15, -0.1) is 5.10 Å². The minimum Gasteiger partial charge on any atom is -0.396 e. The van der Waals surface area contributed by atoms with Gasteiger partial charge in [-0.3, -0.25) is 24.4 Å². The lowest BCUT2D eigenvalue weighted by Gasteiger charge is -2.31. The van der Waals surface area contributed by atoms with E-state index < -0.39 is 42.4 Å². The minimum absolute atomic E-state index is 0.0622. The number of hydrogen-bond donors (Lipinski definition) is 2. The Morgan fingerprint density at radius 2 is 1.88 bits per heavy atom. The van der Waals surface area contributed by atoms with E-state index >= 15 is 4.11 Å². The van der Waals surface area contributed by atoms with Crippen LogP contribution < -0.4 is 10.2 Å². The number of non-ortho nitro benzene ring substituents is 1. The fourth-order valence-electron chi connectivity index (χ4n) is 7.18. The van der Waals surface area contributed by atoms with E-state index in [4.69, 9.17) is 4.74 Å². The Kier molecular flexibility index (Phi) is 8.98. The van der Waals surface area contributed by atoms with Crippen molar-refractivity contribution in [2.45, 2.75) is 63.2 Å². The molecule has 1 saturated heterocycles. The van der Waals surface area contributed by atoms with Crippen molar-refractivity contribution in [1.29, 1.82) is 0 Å². The van der Waals surface area contributed by atoms with E-state index in [0.29, 0.717) is 47.6 Å². The number of carbonyl (C=O) groups excluding carboxylic acids is 2. The summed E-state index contributed by atoms with van der Waals surface area (Å²) in [6.45, 7) is 5.42. The van der Waals surface area contributed by atoms with Crippen molar-refractivity contribution >= 4 is 37.3 Å². The van der Waals surface area contributed by atoms with Crippen LogP contribution in [0.3, 0.4) is 0 Å². The van der Waals surface area contributed by atoms with Gasteiger partial charge in [0.2, 0.25) is 8.41 Å². The fourth-order valence-corrected chi connectivity index (χ4v) is 9.72. The van der Waals surface area contributed by atoms with Crippen molar-refractivity contribution in [3.8, 4) is 0 Å². The van der Waals surface area contributed by atoms with Gasteiger partial charge in [0.25, 0.3) is 17.5 Å². The van der Waals surface area contributed by atoms with Crippen LogP contribution in [0, 0.1) is 16.0 Å². The summed E-state index contributed by atoms with van der Waals surface area (Å²) in [4.78, 5) is 40.2. The maximum atomic E-state index is 16.2. The molecular formula is C34H37FN6O6Si. The van der Waals surface area contributed by atoms with E-state index in [9.17, 15) is 24.8 Å². The Labute approximate surface area is 277 Å². The average Bonchev–Trinajstić information content (AvgIpc) is 3.71. The molecule has 14 heteroatoms. The zero-order valence-corrected chi connectivity index (χ0v) is 27.9. The molecule has 6 rings (SSSR count). The number of anilines is 2. The highest BCUT2D eigenvalue weighted by Crippen LogP contribution is 2.60. The highest BCUT2D eigenvalue weighted by atomic mass is 28.4. The smallest absolute Gasteiger partial charge is 0.269 e. The molecule has 3 aromatic carbocycles. The molecule has 0 bridgehead atoms. The Balaban J connectivity index is 1.30. The first kappa shape index (κ1) is 33.1. The van der Waals surface area contributed by atoms with Crippen molar-refractivity contribution in [1.82, 2.24) is 15.0 Å². The largest absolute Gasteiger partial charge is 0.396 e. The van der Waals surface area contributed by atoms with Crippen LogP contribution in [0.2, 0.25) is 18.6 Å². The van der Waals surface area contributed by atoms with Gasteiger partial charge in [-0.1, -0.05) is 42.5 Å². The normalized spacial score (nSPS) is 21.9. The number of nitrogens with one attached hydrogen (secondary N) is 1. The zero-order valence-electron chi connectivity index (χ0n) is 26.9. The number of ether oxygens (including phenoxy) is 1. The first-order chi connectivity index (χ1) is 22.9. The summed E-state index contributed by atoms with van der Waals surface area (Å²) in [5.41, 5.74) is 0.911. The Hall–Kier alpha value is -4.79. The number of amides is 2. The topological polar surface area (TPSA) is 153 Å². The third kappa shape index (κ3) is 6.13.